The van der Waals surface area contributed by atoms with Gasteiger partial charge in [-0.1, -0.05) is 44.2 Å². The maximum absolute atomic E-state index is 12.9. The molecule has 25 heavy (non-hydrogen) atoms. The Bertz CT molecular complexity index is 808. The zero-order valence-electron chi connectivity index (χ0n) is 14.4. The molecular formula is C22H21FO2. The lowest BCUT2D eigenvalue weighted by molar-refractivity contribution is 0.304. The van der Waals surface area contributed by atoms with Crippen LogP contribution in [0.25, 0.3) is 0 Å². The van der Waals surface area contributed by atoms with Crippen molar-refractivity contribution in [3.8, 4) is 17.2 Å². The van der Waals surface area contributed by atoms with E-state index in [0.29, 0.717) is 24.0 Å². The Kier molecular flexibility index (Phi) is 5.34. The van der Waals surface area contributed by atoms with Crippen LogP contribution >= 0.6 is 0 Å². The molecule has 0 radical (unpaired) electrons. The fraction of sp³-hybridized carbons (Fsp3) is 0.182. The smallest absolute Gasteiger partial charge is 0.131 e. The zero-order valence-corrected chi connectivity index (χ0v) is 14.4. The van der Waals surface area contributed by atoms with Gasteiger partial charge in [-0.25, -0.2) is 4.39 Å². The first kappa shape index (κ1) is 17.0. The van der Waals surface area contributed by atoms with Crippen LogP contribution in [0, 0.1) is 5.82 Å². The van der Waals surface area contributed by atoms with Crippen molar-refractivity contribution < 1.29 is 13.9 Å². The van der Waals surface area contributed by atoms with Gasteiger partial charge < -0.3 is 9.47 Å². The molecule has 128 valence electrons. The van der Waals surface area contributed by atoms with Crippen LogP contribution in [0.1, 0.15) is 30.9 Å². The first-order valence-electron chi connectivity index (χ1n) is 8.35. The van der Waals surface area contributed by atoms with E-state index in [2.05, 4.69) is 26.0 Å². The Labute approximate surface area is 147 Å². The summed E-state index contributed by atoms with van der Waals surface area (Å²) in [5, 5.41) is 0. The van der Waals surface area contributed by atoms with Crippen molar-refractivity contribution in [3.05, 3.63) is 89.7 Å². The zero-order chi connectivity index (χ0) is 17.6. The summed E-state index contributed by atoms with van der Waals surface area (Å²) in [6, 6.07) is 21.9. The number of hydrogen-bond acceptors (Lipinski definition) is 2. The van der Waals surface area contributed by atoms with E-state index in [1.165, 1.54) is 17.7 Å². The number of halogens is 1. The summed E-state index contributed by atoms with van der Waals surface area (Å²) in [6.07, 6.45) is 0. The molecule has 0 aliphatic heterocycles. The molecule has 0 bridgehead atoms. The summed E-state index contributed by atoms with van der Waals surface area (Å²) in [6.45, 7) is 4.71. The topological polar surface area (TPSA) is 18.5 Å². The fourth-order valence-corrected chi connectivity index (χ4v) is 2.43. The molecule has 0 amide bonds. The van der Waals surface area contributed by atoms with E-state index in [0.717, 1.165) is 11.3 Å². The summed E-state index contributed by atoms with van der Waals surface area (Å²) in [4.78, 5) is 0. The van der Waals surface area contributed by atoms with Crippen LogP contribution in [0.15, 0.2) is 72.8 Å². The molecule has 0 atom stereocenters. The average molecular weight is 336 g/mol. The first-order chi connectivity index (χ1) is 12.1. The Balaban J connectivity index is 1.63. The van der Waals surface area contributed by atoms with Gasteiger partial charge in [-0.2, -0.15) is 0 Å². The highest BCUT2D eigenvalue weighted by Crippen LogP contribution is 2.27. The largest absolute Gasteiger partial charge is 0.489 e. The highest BCUT2D eigenvalue weighted by atomic mass is 19.1. The van der Waals surface area contributed by atoms with Gasteiger partial charge in [-0.05, 0) is 53.4 Å². The summed E-state index contributed by atoms with van der Waals surface area (Å²) >= 11 is 0. The van der Waals surface area contributed by atoms with Gasteiger partial charge in [0, 0.05) is 6.07 Å². The molecule has 0 saturated heterocycles. The molecule has 2 nitrogen and oxygen atoms in total. The molecule has 3 aromatic carbocycles. The van der Waals surface area contributed by atoms with Crippen LogP contribution in [-0.2, 0) is 6.61 Å². The van der Waals surface area contributed by atoms with Crippen LogP contribution in [-0.4, -0.2) is 0 Å². The number of ether oxygens (including phenoxy) is 2. The predicted molar refractivity (Wildman–Crippen MR) is 97.8 cm³/mol. The van der Waals surface area contributed by atoms with E-state index in [9.17, 15) is 4.39 Å². The normalized spacial score (nSPS) is 10.7. The van der Waals surface area contributed by atoms with E-state index in [4.69, 9.17) is 9.47 Å². The minimum Gasteiger partial charge on any atom is -0.489 e. The van der Waals surface area contributed by atoms with E-state index in [-0.39, 0.29) is 5.82 Å². The molecule has 0 aliphatic carbocycles. The van der Waals surface area contributed by atoms with E-state index in [1.807, 2.05) is 36.4 Å². The molecule has 3 rings (SSSR count). The lowest BCUT2D eigenvalue weighted by Crippen LogP contribution is -1.95. The standard InChI is InChI=1S/C22H21FO2/c1-16(2)18-8-12-20(13-9-18)25-22-5-3-4-21(14-22)24-15-17-6-10-19(23)11-7-17/h3-14,16H,15H2,1-2H3. The minimum atomic E-state index is -0.248. The summed E-state index contributed by atoms with van der Waals surface area (Å²) < 4.78 is 24.6. The van der Waals surface area contributed by atoms with Crippen molar-refractivity contribution in [2.45, 2.75) is 26.4 Å². The van der Waals surface area contributed by atoms with Gasteiger partial charge >= 0.3 is 0 Å². The molecule has 0 unspecified atom stereocenters. The SMILES string of the molecule is CC(C)c1ccc(Oc2cccc(OCc3ccc(F)cc3)c2)cc1. The third kappa shape index (κ3) is 4.83. The van der Waals surface area contributed by atoms with E-state index in [1.54, 1.807) is 12.1 Å². The van der Waals surface area contributed by atoms with Gasteiger partial charge in [-0.3, -0.25) is 0 Å². The van der Waals surface area contributed by atoms with Gasteiger partial charge in [-0.15, -0.1) is 0 Å². The summed E-state index contributed by atoms with van der Waals surface area (Å²) in [5.74, 6) is 2.47. The lowest BCUT2D eigenvalue weighted by atomic mass is 10.0. The van der Waals surface area contributed by atoms with Crippen molar-refractivity contribution in [2.24, 2.45) is 0 Å². The molecule has 0 saturated carbocycles. The average Bonchev–Trinajstić information content (AvgIpc) is 2.62. The Morgan fingerprint density at radius 3 is 2.16 bits per heavy atom. The molecule has 3 aromatic rings. The van der Waals surface area contributed by atoms with Gasteiger partial charge in [0.25, 0.3) is 0 Å². The molecule has 0 aliphatic rings. The second kappa shape index (κ2) is 7.84. The van der Waals surface area contributed by atoms with Crippen molar-refractivity contribution in [2.75, 3.05) is 0 Å². The second-order valence-corrected chi connectivity index (χ2v) is 6.22. The second-order valence-electron chi connectivity index (χ2n) is 6.22. The van der Waals surface area contributed by atoms with Gasteiger partial charge in [0.05, 0.1) is 0 Å². The summed E-state index contributed by atoms with van der Waals surface area (Å²) in [7, 11) is 0. The minimum absolute atomic E-state index is 0.248. The van der Waals surface area contributed by atoms with E-state index >= 15 is 0 Å². The number of benzene rings is 3. The molecule has 0 heterocycles. The monoisotopic (exact) mass is 336 g/mol. The van der Waals surface area contributed by atoms with Crippen molar-refractivity contribution in [1.29, 1.82) is 0 Å². The van der Waals surface area contributed by atoms with Crippen LogP contribution in [0.5, 0.6) is 17.2 Å². The highest BCUT2D eigenvalue weighted by molar-refractivity contribution is 5.38. The van der Waals surface area contributed by atoms with Crippen LogP contribution in [0.4, 0.5) is 4.39 Å². The molecule has 0 spiro atoms. The third-order valence-electron chi connectivity index (χ3n) is 3.91. The van der Waals surface area contributed by atoms with Crippen molar-refractivity contribution >= 4 is 0 Å². The van der Waals surface area contributed by atoms with E-state index < -0.39 is 0 Å². The quantitative estimate of drug-likeness (QED) is 0.524. The maximum Gasteiger partial charge on any atom is 0.131 e. The Hall–Kier alpha value is -2.81. The van der Waals surface area contributed by atoms with Gasteiger partial charge in [0.1, 0.15) is 29.7 Å². The van der Waals surface area contributed by atoms with Gasteiger partial charge in [0.15, 0.2) is 0 Å². The number of rotatable bonds is 6. The van der Waals surface area contributed by atoms with Crippen molar-refractivity contribution in [3.63, 3.8) is 0 Å². The van der Waals surface area contributed by atoms with Crippen LogP contribution in [0.2, 0.25) is 0 Å². The molecule has 0 aromatic heterocycles. The van der Waals surface area contributed by atoms with Crippen LogP contribution < -0.4 is 9.47 Å². The molecule has 0 N–H and O–H groups in total. The van der Waals surface area contributed by atoms with Gasteiger partial charge in [0.2, 0.25) is 0 Å². The maximum atomic E-state index is 12.9. The number of hydrogen-bond donors (Lipinski definition) is 0. The molecule has 0 fully saturated rings. The van der Waals surface area contributed by atoms with Crippen molar-refractivity contribution in [1.82, 2.24) is 0 Å². The predicted octanol–water partition coefficient (Wildman–Crippen LogP) is 6.32. The first-order valence-corrected chi connectivity index (χ1v) is 8.35. The highest BCUT2D eigenvalue weighted by Gasteiger charge is 2.03. The lowest BCUT2D eigenvalue weighted by Gasteiger charge is -2.11. The Morgan fingerprint density at radius 1 is 0.800 bits per heavy atom. The Morgan fingerprint density at radius 2 is 1.48 bits per heavy atom. The fourth-order valence-electron chi connectivity index (χ4n) is 2.43. The van der Waals surface area contributed by atoms with Crippen LogP contribution in [0.3, 0.4) is 0 Å². The molecule has 3 heteroatoms. The summed E-state index contributed by atoms with van der Waals surface area (Å²) in [5.41, 5.74) is 2.20. The molecular weight excluding hydrogens is 315 g/mol. The third-order valence-corrected chi connectivity index (χ3v) is 3.91.